The van der Waals surface area contributed by atoms with Crippen molar-refractivity contribution in [3.8, 4) is 5.75 Å². The van der Waals surface area contributed by atoms with Crippen LogP contribution in [0.2, 0.25) is 10.0 Å². The molecule has 1 fully saturated rings. The summed E-state index contributed by atoms with van der Waals surface area (Å²) in [6.07, 6.45) is 4.46. The van der Waals surface area contributed by atoms with Crippen LogP contribution < -0.4 is 14.5 Å². The van der Waals surface area contributed by atoms with E-state index < -0.39 is 0 Å². The van der Waals surface area contributed by atoms with Crippen LogP contribution in [0.5, 0.6) is 5.75 Å². The smallest absolute Gasteiger partial charge is 0.216 e. The number of hydrogen-bond acceptors (Lipinski definition) is 5. The maximum absolute atomic E-state index is 11.3. The third-order valence-corrected chi connectivity index (χ3v) is 6.76. The molecule has 0 aliphatic carbocycles. The van der Waals surface area contributed by atoms with E-state index in [1.54, 1.807) is 0 Å². The standard InChI is InChI=1S/C25H33Cl2N3O3/c1-2-6-20-9-10-21(17-24(20)30(18-31)19-32)33-16-4-3-11-28-12-14-29(15-13-28)23-8-5-7-22(26)25(23)27/h5,7-10,17-18,32H,2-4,6,11-16,19H2,1H3. The molecule has 0 aromatic heterocycles. The van der Waals surface area contributed by atoms with Crippen molar-refractivity contribution in [2.75, 3.05) is 55.9 Å². The summed E-state index contributed by atoms with van der Waals surface area (Å²) in [7, 11) is 0. The van der Waals surface area contributed by atoms with Gasteiger partial charge in [0, 0.05) is 32.2 Å². The average molecular weight is 494 g/mol. The van der Waals surface area contributed by atoms with Gasteiger partial charge in [0.05, 0.1) is 28.0 Å². The highest BCUT2D eigenvalue weighted by atomic mass is 35.5. The fourth-order valence-electron chi connectivity index (χ4n) is 4.12. The summed E-state index contributed by atoms with van der Waals surface area (Å²) in [5.41, 5.74) is 2.75. The van der Waals surface area contributed by atoms with E-state index in [-0.39, 0.29) is 6.73 Å². The Kier molecular flexibility index (Phi) is 10.1. The van der Waals surface area contributed by atoms with Crippen molar-refractivity contribution in [2.45, 2.75) is 32.6 Å². The number of piperazine rings is 1. The lowest BCUT2D eigenvalue weighted by molar-refractivity contribution is -0.108. The molecule has 2 aromatic carbocycles. The Labute approximate surface area is 206 Å². The largest absolute Gasteiger partial charge is 0.494 e. The Balaban J connectivity index is 1.41. The molecule has 0 atom stereocenters. The van der Waals surface area contributed by atoms with Gasteiger partial charge in [0.2, 0.25) is 6.41 Å². The zero-order chi connectivity index (χ0) is 23.6. The third-order valence-electron chi connectivity index (χ3n) is 5.95. The van der Waals surface area contributed by atoms with Gasteiger partial charge in [-0.2, -0.15) is 0 Å². The number of aryl methyl sites for hydroxylation is 1. The lowest BCUT2D eigenvalue weighted by atomic mass is 10.1. The molecule has 0 bridgehead atoms. The van der Waals surface area contributed by atoms with Crippen molar-refractivity contribution >= 4 is 41.0 Å². The number of nitrogens with zero attached hydrogens (tertiary/aromatic N) is 3. The summed E-state index contributed by atoms with van der Waals surface area (Å²) in [5, 5.41) is 10.7. The first kappa shape index (κ1) is 25.6. The number of rotatable bonds is 12. The lowest BCUT2D eigenvalue weighted by Crippen LogP contribution is -2.46. The highest BCUT2D eigenvalue weighted by Gasteiger charge is 2.19. The van der Waals surface area contributed by atoms with Crippen LogP contribution >= 0.6 is 23.2 Å². The first-order valence-corrected chi connectivity index (χ1v) is 12.3. The van der Waals surface area contributed by atoms with E-state index in [2.05, 4.69) is 16.7 Å². The molecule has 0 saturated carbocycles. The summed E-state index contributed by atoms with van der Waals surface area (Å²) in [6, 6.07) is 11.5. The van der Waals surface area contributed by atoms with Crippen LogP contribution in [0.15, 0.2) is 36.4 Å². The molecule has 6 nitrogen and oxygen atoms in total. The number of benzene rings is 2. The highest BCUT2D eigenvalue weighted by molar-refractivity contribution is 6.43. The van der Waals surface area contributed by atoms with Crippen molar-refractivity contribution in [3.63, 3.8) is 0 Å². The molecule has 8 heteroatoms. The normalized spacial score (nSPS) is 14.4. The first-order chi connectivity index (χ1) is 16.1. The molecule has 1 saturated heterocycles. The van der Waals surface area contributed by atoms with Crippen molar-refractivity contribution in [1.82, 2.24) is 4.90 Å². The zero-order valence-electron chi connectivity index (χ0n) is 19.2. The van der Waals surface area contributed by atoms with E-state index in [1.807, 2.05) is 36.4 Å². The number of hydrogen-bond donors (Lipinski definition) is 1. The number of aliphatic hydroxyl groups is 1. The number of anilines is 2. The minimum absolute atomic E-state index is 0.347. The first-order valence-electron chi connectivity index (χ1n) is 11.6. The van der Waals surface area contributed by atoms with E-state index in [4.69, 9.17) is 27.9 Å². The van der Waals surface area contributed by atoms with Crippen molar-refractivity contribution in [1.29, 1.82) is 0 Å². The van der Waals surface area contributed by atoms with Crippen LogP contribution in [0, 0.1) is 0 Å². The van der Waals surface area contributed by atoms with Gasteiger partial charge in [-0.3, -0.25) is 14.6 Å². The van der Waals surface area contributed by atoms with Crippen LogP contribution in [0.25, 0.3) is 0 Å². The molecule has 33 heavy (non-hydrogen) atoms. The molecule has 3 rings (SSSR count). The fourth-order valence-corrected chi connectivity index (χ4v) is 4.54. The van der Waals surface area contributed by atoms with Crippen LogP contribution in [0.3, 0.4) is 0 Å². The Morgan fingerprint density at radius 1 is 1.12 bits per heavy atom. The molecule has 0 unspecified atom stereocenters. The molecular weight excluding hydrogens is 461 g/mol. The van der Waals surface area contributed by atoms with Gasteiger partial charge in [-0.25, -0.2) is 0 Å². The zero-order valence-corrected chi connectivity index (χ0v) is 20.7. The molecule has 2 aromatic rings. The Hall–Kier alpha value is -1.99. The predicted octanol–water partition coefficient (Wildman–Crippen LogP) is 4.84. The van der Waals surface area contributed by atoms with E-state index in [9.17, 15) is 9.90 Å². The minimum Gasteiger partial charge on any atom is -0.494 e. The lowest BCUT2D eigenvalue weighted by Gasteiger charge is -2.36. The second-order valence-corrected chi connectivity index (χ2v) is 9.00. The molecule has 1 amide bonds. The van der Waals surface area contributed by atoms with E-state index in [0.29, 0.717) is 28.7 Å². The van der Waals surface area contributed by atoms with Crippen LogP contribution in [-0.2, 0) is 11.2 Å². The molecule has 1 aliphatic rings. The minimum atomic E-state index is -0.347. The summed E-state index contributed by atoms with van der Waals surface area (Å²) < 4.78 is 5.93. The number of halogens is 2. The molecule has 1 aliphatic heterocycles. The quantitative estimate of drug-likeness (QED) is 0.260. The third kappa shape index (κ3) is 7.00. The maximum Gasteiger partial charge on any atom is 0.216 e. The van der Waals surface area contributed by atoms with E-state index >= 15 is 0 Å². The fraction of sp³-hybridized carbons (Fsp3) is 0.480. The second kappa shape index (κ2) is 13.0. The maximum atomic E-state index is 11.3. The SMILES string of the molecule is CCCc1ccc(OCCCCN2CCN(c3cccc(Cl)c3Cl)CC2)cc1N(C=O)CO. The number of carbonyl (C=O) groups excluding carboxylic acids is 1. The van der Waals surface area contributed by atoms with Gasteiger partial charge in [0.25, 0.3) is 0 Å². The van der Waals surface area contributed by atoms with Gasteiger partial charge in [0.15, 0.2) is 0 Å². The van der Waals surface area contributed by atoms with Crippen molar-refractivity contribution < 1.29 is 14.6 Å². The van der Waals surface area contributed by atoms with E-state index in [0.717, 1.165) is 75.4 Å². The number of amides is 1. The van der Waals surface area contributed by atoms with Crippen LogP contribution in [-0.4, -0.2) is 62.5 Å². The van der Waals surface area contributed by atoms with Gasteiger partial charge in [-0.15, -0.1) is 0 Å². The van der Waals surface area contributed by atoms with Gasteiger partial charge >= 0.3 is 0 Å². The van der Waals surface area contributed by atoms with E-state index in [1.165, 1.54) is 4.90 Å². The second-order valence-electron chi connectivity index (χ2n) is 8.21. The summed E-state index contributed by atoms with van der Waals surface area (Å²) >= 11 is 12.5. The van der Waals surface area contributed by atoms with Crippen LogP contribution in [0.1, 0.15) is 31.7 Å². The predicted molar refractivity (Wildman–Crippen MR) is 136 cm³/mol. The molecule has 0 radical (unpaired) electrons. The van der Waals surface area contributed by atoms with Crippen molar-refractivity contribution in [2.24, 2.45) is 0 Å². The Bertz CT molecular complexity index is 904. The monoisotopic (exact) mass is 493 g/mol. The molecule has 180 valence electrons. The van der Waals surface area contributed by atoms with Crippen LogP contribution in [0.4, 0.5) is 11.4 Å². The Morgan fingerprint density at radius 3 is 2.61 bits per heavy atom. The number of aliphatic hydroxyl groups excluding tert-OH is 1. The van der Waals surface area contributed by atoms with Gasteiger partial charge < -0.3 is 14.7 Å². The molecule has 1 N–H and O–H groups in total. The number of carbonyl (C=O) groups is 1. The summed E-state index contributed by atoms with van der Waals surface area (Å²) in [5.74, 6) is 0.720. The number of unbranched alkanes of at least 4 members (excludes halogenated alkanes) is 1. The molecule has 0 spiro atoms. The van der Waals surface area contributed by atoms with Gasteiger partial charge in [0.1, 0.15) is 12.5 Å². The van der Waals surface area contributed by atoms with Crippen molar-refractivity contribution in [3.05, 3.63) is 52.0 Å². The summed E-state index contributed by atoms with van der Waals surface area (Å²) in [6.45, 7) is 7.24. The Morgan fingerprint density at radius 2 is 1.91 bits per heavy atom. The highest BCUT2D eigenvalue weighted by Crippen LogP contribution is 2.33. The number of ether oxygens (including phenoxy) is 1. The average Bonchev–Trinajstić information content (AvgIpc) is 2.83. The summed E-state index contributed by atoms with van der Waals surface area (Å²) in [4.78, 5) is 17.4. The molecule has 1 heterocycles. The molecular formula is C25H33Cl2N3O3. The van der Waals surface area contributed by atoms with Gasteiger partial charge in [-0.1, -0.05) is 48.7 Å². The van der Waals surface area contributed by atoms with Gasteiger partial charge in [-0.05, 0) is 49.6 Å². The topological polar surface area (TPSA) is 56.2 Å².